The maximum atomic E-state index is 13.9. The number of hydrogen-bond acceptors (Lipinski definition) is 1. The Balaban J connectivity index is 2.20. The van der Waals surface area contributed by atoms with Gasteiger partial charge in [-0.05, 0) is 49.1 Å². The summed E-state index contributed by atoms with van der Waals surface area (Å²) in [6.45, 7) is 6.17. The molecule has 0 saturated carbocycles. The van der Waals surface area contributed by atoms with E-state index < -0.39 is 0 Å². The van der Waals surface area contributed by atoms with Crippen LogP contribution in [0.15, 0.2) is 48.5 Å². The van der Waals surface area contributed by atoms with Crippen LogP contribution in [0.2, 0.25) is 0 Å². The van der Waals surface area contributed by atoms with Crippen LogP contribution in [0, 0.1) is 12.7 Å². The average Bonchev–Trinajstić information content (AvgIpc) is 2.49. The summed E-state index contributed by atoms with van der Waals surface area (Å²) in [5.41, 5.74) is 3.38. The van der Waals surface area contributed by atoms with Crippen LogP contribution in [0.4, 0.5) is 4.39 Å². The smallest absolute Gasteiger partial charge is 0.126 e. The topological polar surface area (TPSA) is 12.0 Å². The molecule has 2 heteroatoms. The van der Waals surface area contributed by atoms with Gasteiger partial charge in [0.25, 0.3) is 0 Å². The summed E-state index contributed by atoms with van der Waals surface area (Å²) < 4.78 is 13.9. The number of halogens is 1. The molecular weight excluding hydrogens is 261 g/mol. The van der Waals surface area contributed by atoms with Crippen LogP contribution in [0.25, 0.3) is 0 Å². The van der Waals surface area contributed by atoms with Gasteiger partial charge in [0.1, 0.15) is 5.82 Å². The summed E-state index contributed by atoms with van der Waals surface area (Å²) in [5.74, 6) is 0.196. The molecule has 0 radical (unpaired) electrons. The van der Waals surface area contributed by atoms with Crippen LogP contribution in [0.1, 0.15) is 36.0 Å². The molecule has 0 fully saturated rings. The highest BCUT2D eigenvalue weighted by molar-refractivity contribution is 5.31. The Hall–Kier alpha value is -1.67. The summed E-state index contributed by atoms with van der Waals surface area (Å²) in [5, 5.41) is 3.48. The number of benzene rings is 2. The highest BCUT2D eigenvalue weighted by atomic mass is 19.1. The molecule has 1 unspecified atom stereocenters. The zero-order valence-corrected chi connectivity index (χ0v) is 12.9. The first-order chi connectivity index (χ1) is 10.2. The third kappa shape index (κ3) is 4.40. The van der Waals surface area contributed by atoms with Gasteiger partial charge in [-0.15, -0.1) is 0 Å². The standard InChI is InChI=1S/C19H24FN/c1-3-12-21-14-17(18-10-6-4-8-15(18)2)13-16-9-5-7-11-19(16)20/h4-11,17,21H,3,12-14H2,1-2H3. The zero-order chi connectivity index (χ0) is 15.1. The minimum atomic E-state index is -0.105. The summed E-state index contributed by atoms with van der Waals surface area (Å²) in [7, 11) is 0. The molecule has 0 aliphatic rings. The molecule has 0 aliphatic heterocycles. The lowest BCUT2D eigenvalue weighted by Crippen LogP contribution is -2.24. The lowest BCUT2D eigenvalue weighted by Gasteiger charge is -2.20. The van der Waals surface area contributed by atoms with Gasteiger partial charge in [0.05, 0.1) is 0 Å². The van der Waals surface area contributed by atoms with Gasteiger partial charge in [-0.1, -0.05) is 49.4 Å². The normalized spacial score (nSPS) is 12.3. The van der Waals surface area contributed by atoms with Crippen molar-refractivity contribution in [1.29, 1.82) is 0 Å². The molecule has 2 rings (SSSR count). The van der Waals surface area contributed by atoms with E-state index in [4.69, 9.17) is 0 Å². The van der Waals surface area contributed by atoms with Gasteiger partial charge in [0, 0.05) is 12.5 Å². The highest BCUT2D eigenvalue weighted by Gasteiger charge is 2.15. The summed E-state index contributed by atoms with van der Waals surface area (Å²) in [6.07, 6.45) is 1.84. The molecule has 1 nitrogen and oxygen atoms in total. The number of hydrogen-bond donors (Lipinski definition) is 1. The fourth-order valence-corrected chi connectivity index (χ4v) is 2.72. The summed E-state index contributed by atoms with van der Waals surface area (Å²) >= 11 is 0. The largest absolute Gasteiger partial charge is 0.316 e. The second kappa shape index (κ2) is 7.94. The Labute approximate surface area is 127 Å². The van der Waals surface area contributed by atoms with Crippen LogP contribution in [-0.2, 0) is 6.42 Å². The molecule has 2 aromatic rings. The van der Waals surface area contributed by atoms with Crippen molar-refractivity contribution in [1.82, 2.24) is 5.32 Å². The fraction of sp³-hybridized carbons (Fsp3) is 0.368. The predicted octanol–water partition coefficient (Wildman–Crippen LogP) is 4.46. The van der Waals surface area contributed by atoms with E-state index in [2.05, 4.69) is 43.4 Å². The third-order valence-electron chi connectivity index (χ3n) is 3.87. The Bertz CT molecular complexity index is 565. The molecule has 0 amide bonds. The Kier molecular flexibility index (Phi) is 5.94. The highest BCUT2D eigenvalue weighted by Crippen LogP contribution is 2.24. The van der Waals surface area contributed by atoms with Crippen LogP contribution >= 0.6 is 0 Å². The van der Waals surface area contributed by atoms with Crippen LogP contribution in [0.5, 0.6) is 0 Å². The van der Waals surface area contributed by atoms with E-state index in [9.17, 15) is 4.39 Å². The lowest BCUT2D eigenvalue weighted by molar-refractivity contribution is 0.551. The molecule has 2 aromatic carbocycles. The van der Waals surface area contributed by atoms with Crippen molar-refractivity contribution in [3.8, 4) is 0 Å². The zero-order valence-electron chi connectivity index (χ0n) is 12.9. The number of aryl methyl sites for hydroxylation is 1. The SMILES string of the molecule is CCCNCC(Cc1ccccc1F)c1ccccc1C. The monoisotopic (exact) mass is 285 g/mol. The maximum absolute atomic E-state index is 13.9. The molecule has 0 heterocycles. The van der Waals surface area contributed by atoms with E-state index in [1.165, 1.54) is 11.1 Å². The first-order valence-corrected chi connectivity index (χ1v) is 7.72. The molecule has 1 N–H and O–H groups in total. The van der Waals surface area contributed by atoms with Crippen molar-refractivity contribution in [3.05, 3.63) is 71.0 Å². The van der Waals surface area contributed by atoms with Gasteiger partial charge < -0.3 is 5.32 Å². The third-order valence-corrected chi connectivity index (χ3v) is 3.87. The lowest BCUT2D eigenvalue weighted by atomic mass is 9.89. The van der Waals surface area contributed by atoms with E-state index in [-0.39, 0.29) is 5.82 Å². The van der Waals surface area contributed by atoms with Gasteiger partial charge in [-0.3, -0.25) is 0 Å². The maximum Gasteiger partial charge on any atom is 0.126 e. The number of nitrogens with one attached hydrogen (secondary N) is 1. The first kappa shape index (κ1) is 15.7. The molecule has 0 spiro atoms. The molecule has 1 atom stereocenters. The predicted molar refractivity (Wildman–Crippen MR) is 87.2 cm³/mol. The summed E-state index contributed by atoms with van der Waals surface area (Å²) in [4.78, 5) is 0. The van der Waals surface area contributed by atoms with Gasteiger partial charge >= 0.3 is 0 Å². The van der Waals surface area contributed by atoms with Gasteiger partial charge in [0.2, 0.25) is 0 Å². The van der Waals surface area contributed by atoms with Crippen LogP contribution in [-0.4, -0.2) is 13.1 Å². The molecule has 0 saturated heterocycles. The summed E-state index contributed by atoms with van der Waals surface area (Å²) in [6, 6.07) is 15.5. The molecule has 0 aromatic heterocycles. The molecule has 0 aliphatic carbocycles. The second-order valence-electron chi connectivity index (χ2n) is 5.55. The van der Waals surface area contributed by atoms with Crippen LogP contribution in [0.3, 0.4) is 0 Å². The van der Waals surface area contributed by atoms with Crippen molar-refractivity contribution < 1.29 is 4.39 Å². The average molecular weight is 285 g/mol. The van der Waals surface area contributed by atoms with Gasteiger partial charge in [-0.25, -0.2) is 4.39 Å². The molecule has 21 heavy (non-hydrogen) atoms. The van der Waals surface area contributed by atoms with E-state index >= 15 is 0 Å². The Morgan fingerprint density at radius 1 is 1.05 bits per heavy atom. The van der Waals surface area contributed by atoms with Gasteiger partial charge in [0.15, 0.2) is 0 Å². The quantitative estimate of drug-likeness (QED) is 0.741. The molecular formula is C19H24FN. The van der Waals surface area contributed by atoms with Crippen molar-refractivity contribution in [3.63, 3.8) is 0 Å². The van der Waals surface area contributed by atoms with E-state index in [1.807, 2.05) is 12.1 Å². The minimum Gasteiger partial charge on any atom is -0.316 e. The second-order valence-corrected chi connectivity index (χ2v) is 5.55. The van der Waals surface area contributed by atoms with E-state index in [0.717, 1.165) is 31.5 Å². The fourth-order valence-electron chi connectivity index (χ4n) is 2.72. The van der Waals surface area contributed by atoms with E-state index in [1.54, 1.807) is 12.1 Å². The van der Waals surface area contributed by atoms with Crippen molar-refractivity contribution in [2.45, 2.75) is 32.6 Å². The van der Waals surface area contributed by atoms with Crippen molar-refractivity contribution in [2.75, 3.05) is 13.1 Å². The van der Waals surface area contributed by atoms with Crippen molar-refractivity contribution in [2.24, 2.45) is 0 Å². The van der Waals surface area contributed by atoms with Crippen molar-refractivity contribution >= 4 is 0 Å². The molecule has 0 bridgehead atoms. The first-order valence-electron chi connectivity index (χ1n) is 7.72. The Morgan fingerprint density at radius 2 is 1.76 bits per heavy atom. The van der Waals surface area contributed by atoms with E-state index in [0.29, 0.717) is 5.92 Å². The van der Waals surface area contributed by atoms with Gasteiger partial charge in [-0.2, -0.15) is 0 Å². The number of rotatable bonds is 7. The minimum absolute atomic E-state index is 0.105. The van der Waals surface area contributed by atoms with Crippen LogP contribution < -0.4 is 5.32 Å². The molecule has 112 valence electrons. The Morgan fingerprint density at radius 3 is 2.48 bits per heavy atom.